The Hall–Kier alpha value is -2.45. The molecule has 1 atom stereocenters. The standard InChI is InChI=1S/C17H24N6O2/c24-11-14-3-2-7-22(10-14)8-6-18-17(25)21-15-4-1-5-16(9-15)23-12-19-20-13-23/h1,4-5,9,12-14,24H,2-3,6-8,10-11H2,(H2,18,21,25)/t14-/m0/s1. The summed E-state index contributed by atoms with van der Waals surface area (Å²) in [5, 5.41) is 22.5. The van der Waals surface area contributed by atoms with Gasteiger partial charge in [0, 0.05) is 31.9 Å². The molecule has 0 spiro atoms. The molecule has 0 unspecified atom stereocenters. The van der Waals surface area contributed by atoms with Crippen molar-refractivity contribution >= 4 is 11.7 Å². The molecule has 1 saturated heterocycles. The van der Waals surface area contributed by atoms with Gasteiger partial charge < -0.3 is 20.6 Å². The molecule has 8 heteroatoms. The number of urea groups is 1. The quantitative estimate of drug-likeness (QED) is 0.729. The number of carbonyl (C=O) groups excluding carboxylic acids is 1. The molecule has 1 aliphatic rings. The van der Waals surface area contributed by atoms with Gasteiger partial charge in [-0.05, 0) is 43.5 Å². The molecule has 2 aromatic rings. The molecule has 3 N–H and O–H groups in total. The Kier molecular flexibility index (Phi) is 5.97. The van der Waals surface area contributed by atoms with Crippen molar-refractivity contribution < 1.29 is 9.90 Å². The van der Waals surface area contributed by atoms with Gasteiger partial charge in [-0.3, -0.25) is 4.57 Å². The number of benzene rings is 1. The average Bonchev–Trinajstić information content (AvgIpc) is 3.17. The summed E-state index contributed by atoms with van der Waals surface area (Å²) in [6, 6.07) is 7.26. The van der Waals surface area contributed by atoms with Crippen LogP contribution in [0.15, 0.2) is 36.9 Å². The van der Waals surface area contributed by atoms with E-state index in [4.69, 9.17) is 0 Å². The molecule has 134 valence electrons. The number of hydrogen-bond donors (Lipinski definition) is 3. The van der Waals surface area contributed by atoms with Gasteiger partial charge in [-0.1, -0.05) is 6.07 Å². The number of hydrogen-bond acceptors (Lipinski definition) is 5. The van der Waals surface area contributed by atoms with Crippen LogP contribution in [0.3, 0.4) is 0 Å². The maximum Gasteiger partial charge on any atom is 0.319 e. The summed E-state index contributed by atoms with van der Waals surface area (Å²) in [5.74, 6) is 0.364. The second kappa shape index (κ2) is 8.59. The van der Waals surface area contributed by atoms with Crippen molar-refractivity contribution in [2.45, 2.75) is 12.8 Å². The maximum atomic E-state index is 12.1. The van der Waals surface area contributed by atoms with Gasteiger partial charge in [0.15, 0.2) is 0 Å². The number of rotatable bonds is 6. The molecule has 0 saturated carbocycles. The number of aromatic nitrogens is 3. The van der Waals surface area contributed by atoms with Crippen molar-refractivity contribution in [3.05, 3.63) is 36.9 Å². The molecule has 3 rings (SSSR count). The van der Waals surface area contributed by atoms with Crippen LogP contribution >= 0.6 is 0 Å². The molecule has 1 aromatic carbocycles. The van der Waals surface area contributed by atoms with Crippen LogP contribution in [0, 0.1) is 5.92 Å². The molecule has 0 radical (unpaired) electrons. The van der Waals surface area contributed by atoms with Crippen molar-refractivity contribution in [1.82, 2.24) is 25.0 Å². The lowest BCUT2D eigenvalue weighted by atomic mass is 9.99. The molecule has 1 aliphatic heterocycles. The van der Waals surface area contributed by atoms with E-state index in [1.807, 2.05) is 24.3 Å². The van der Waals surface area contributed by atoms with E-state index in [0.717, 1.165) is 38.2 Å². The predicted molar refractivity (Wildman–Crippen MR) is 94.6 cm³/mol. The number of piperidine rings is 1. The minimum atomic E-state index is -0.225. The number of anilines is 1. The van der Waals surface area contributed by atoms with Crippen molar-refractivity contribution in [2.24, 2.45) is 5.92 Å². The van der Waals surface area contributed by atoms with E-state index in [2.05, 4.69) is 25.7 Å². The van der Waals surface area contributed by atoms with Crippen molar-refractivity contribution in [2.75, 3.05) is 38.1 Å². The molecular formula is C17H24N6O2. The second-order valence-corrected chi connectivity index (χ2v) is 6.29. The van der Waals surface area contributed by atoms with E-state index in [1.165, 1.54) is 0 Å². The normalized spacial score (nSPS) is 18.0. The lowest BCUT2D eigenvalue weighted by Crippen LogP contribution is -2.42. The van der Waals surface area contributed by atoms with Crippen LogP contribution in [0.1, 0.15) is 12.8 Å². The summed E-state index contributed by atoms with van der Waals surface area (Å²) in [6.45, 7) is 3.55. The Morgan fingerprint density at radius 1 is 1.32 bits per heavy atom. The predicted octanol–water partition coefficient (Wildman–Crippen LogP) is 1.09. The maximum absolute atomic E-state index is 12.1. The lowest BCUT2D eigenvalue weighted by molar-refractivity contribution is 0.121. The van der Waals surface area contributed by atoms with E-state index in [0.29, 0.717) is 18.2 Å². The molecule has 1 aromatic heterocycles. The fourth-order valence-electron chi connectivity index (χ4n) is 3.08. The summed E-state index contributed by atoms with van der Waals surface area (Å²) in [4.78, 5) is 14.3. The Bertz CT molecular complexity index is 676. The molecule has 2 heterocycles. The Labute approximate surface area is 146 Å². The highest BCUT2D eigenvalue weighted by molar-refractivity contribution is 5.89. The first-order chi connectivity index (χ1) is 12.2. The topological polar surface area (TPSA) is 95.3 Å². The smallest absolute Gasteiger partial charge is 0.319 e. The highest BCUT2D eigenvalue weighted by atomic mass is 16.3. The van der Waals surface area contributed by atoms with E-state index in [1.54, 1.807) is 17.2 Å². The lowest BCUT2D eigenvalue weighted by Gasteiger charge is -2.31. The SMILES string of the molecule is O=C(NCCN1CCC[C@H](CO)C1)Nc1cccc(-n2cnnc2)c1. The number of nitrogens with zero attached hydrogens (tertiary/aromatic N) is 4. The van der Waals surface area contributed by atoms with Gasteiger partial charge in [-0.2, -0.15) is 0 Å². The highest BCUT2D eigenvalue weighted by Gasteiger charge is 2.18. The van der Waals surface area contributed by atoms with Crippen molar-refractivity contribution in [3.63, 3.8) is 0 Å². The van der Waals surface area contributed by atoms with Crippen LogP contribution in [0.25, 0.3) is 5.69 Å². The minimum absolute atomic E-state index is 0.225. The van der Waals surface area contributed by atoms with Crippen LogP contribution in [-0.2, 0) is 0 Å². The largest absolute Gasteiger partial charge is 0.396 e. The van der Waals surface area contributed by atoms with Gasteiger partial charge in [0.25, 0.3) is 0 Å². The second-order valence-electron chi connectivity index (χ2n) is 6.29. The third kappa shape index (κ3) is 5.01. The zero-order chi connectivity index (χ0) is 17.5. The summed E-state index contributed by atoms with van der Waals surface area (Å²) in [5.41, 5.74) is 1.59. The van der Waals surface area contributed by atoms with Crippen molar-refractivity contribution in [1.29, 1.82) is 0 Å². The monoisotopic (exact) mass is 344 g/mol. The summed E-state index contributed by atoms with van der Waals surface area (Å²) in [7, 11) is 0. The van der Waals surface area contributed by atoms with E-state index in [9.17, 15) is 9.90 Å². The van der Waals surface area contributed by atoms with Crippen LogP contribution < -0.4 is 10.6 Å². The van der Waals surface area contributed by atoms with Crippen LogP contribution in [0.5, 0.6) is 0 Å². The minimum Gasteiger partial charge on any atom is -0.396 e. The van der Waals surface area contributed by atoms with Gasteiger partial charge in [0.2, 0.25) is 0 Å². The molecule has 25 heavy (non-hydrogen) atoms. The molecule has 1 fully saturated rings. The number of aliphatic hydroxyl groups excluding tert-OH is 1. The Morgan fingerprint density at radius 2 is 2.16 bits per heavy atom. The van der Waals surface area contributed by atoms with Gasteiger partial charge >= 0.3 is 6.03 Å². The third-order valence-corrected chi connectivity index (χ3v) is 4.40. The number of nitrogens with one attached hydrogen (secondary N) is 2. The zero-order valence-electron chi connectivity index (χ0n) is 14.1. The fraction of sp³-hybridized carbons (Fsp3) is 0.471. The first-order valence-corrected chi connectivity index (χ1v) is 8.58. The first kappa shape index (κ1) is 17.4. The molecule has 0 bridgehead atoms. The summed E-state index contributed by atoms with van der Waals surface area (Å²) < 4.78 is 1.77. The average molecular weight is 344 g/mol. The van der Waals surface area contributed by atoms with Crippen LogP contribution in [0.2, 0.25) is 0 Å². The molecule has 2 amide bonds. The fourth-order valence-corrected chi connectivity index (χ4v) is 3.08. The Morgan fingerprint density at radius 3 is 2.96 bits per heavy atom. The number of carbonyl (C=O) groups is 1. The van der Waals surface area contributed by atoms with E-state index < -0.39 is 0 Å². The molecule has 8 nitrogen and oxygen atoms in total. The van der Waals surface area contributed by atoms with E-state index in [-0.39, 0.29) is 12.6 Å². The number of aliphatic hydroxyl groups is 1. The van der Waals surface area contributed by atoms with Gasteiger partial charge in [-0.25, -0.2) is 4.79 Å². The zero-order valence-corrected chi connectivity index (χ0v) is 14.1. The number of likely N-dealkylation sites (tertiary alicyclic amines) is 1. The van der Waals surface area contributed by atoms with Gasteiger partial charge in [0.1, 0.15) is 12.7 Å². The van der Waals surface area contributed by atoms with Gasteiger partial charge in [-0.15, -0.1) is 10.2 Å². The summed E-state index contributed by atoms with van der Waals surface area (Å²) >= 11 is 0. The van der Waals surface area contributed by atoms with Crippen LogP contribution in [-0.4, -0.2) is 63.6 Å². The molecule has 0 aliphatic carbocycles. The molecular weight excluding hydrogens is 320 g/mol. The van der Waals surface area contributed by atoms with Crippen molar-refractivity contribution in [3.8, 4) is 5.69 Å². The number of amides is 2. The first-order valence-electron chi connectivity index (χ1n) is 8.58. The van der Waals surface area contributed by atoms with Gasteiger partial charge in [0.05, 0.1) is 5.69 Å². The van der Waals surface area contributed by atoms with E-state index >= 15 is 0 Å². The Balaban J connectivity index is 1.44. The summed E-state index contributed by atoms with van der Waals surface area (Å²) in [6.07, 6.45) is 5.41. The van der Waals surface area contributed by atoms with Crippen LogP contribution in [0.4, 0.5) is 10.5 Å². The highest BCUT2D eigenvalue weighted by Crippen LogP contribution is 2.15. The third-order valence-electron chi connectivity index (χ3n) is 4.40.